The molecule has 2 heterocycles. The molecule has 2 rings (SSSR count). The Labute approximate surface area is 111 Å². The second-order valence-electron chi connectivity index (χ2n) is 5.68. The molecule has 0 bridgehead atoms. The van der Waals surface area contributed by atoms with E-state index in [0.29, 0.717) is 11.9 Å². The number of rotatable bonds is 6. The molecule has 0 aromatic heterocycles. The van der Waals surface area contributed by atoms with Gasteiger partial charge < -0.3 is 15.1 Å². The minimum atomic E-state index is 0.0750. The third kappa shape index (κ3) is 3.23. The van der Waals surface area contributed by atoms with Gasteiger partial charge in [0.05, 0.1) is 6.04 Å². The Morgan fingerprint density at radius 1 is 1.33 bits per heavy atom. The van der Waals surface area contributed by atoms with Crippen molar-refractivity contribution in [3.8, 4) is 0 Å². The van der Waals surface area contributed by atoms with E-state index in [0.717, 1.165) is 32.5 Å². The maximum Gasteiger partial charge on any atom is 0.240 e. The van der Waals surface area contributed by atoms with Gasteiger partial charge in [-0.25, -0.2) is 0 Å². The quantitative estimate of drug-likeness (QED) is 0.769. The highest BCUT2D eigenvalue weighted by atomic mass is 16.2. The molecule has 1 amide bonds. The van der Waals surface area contributed by atoms with Gasteiger partial charge in [0.2, 0.25) is 5.91 Å². The molecule has 2 aliphatic heterocycles. The lowest BCUT2D eigenvalue weighted by Crippen LogP contribution is -2.46. The van der Waals surface area contributed by atoms with Crippen molar-refractivity contribution in [2.24, 2.45) is 0 Å². The van der Waals surface area contributed by atoms with Crippen LogP contribution in [-0.2, 0) is 4.79 Å². The summed E-state index contributed by atoms with van der Waals surface area (Å²) >= 11 is 0. The summed E-state index contributed by atoms with van der Waals surface area (Å²) in [6.45, 7) is 9.68. The van der Waals surface area contributed by atoms with E-state index in [9.17, 15) is 4.79 Å². The molecule has 2 aliphatic rings. The Hall–Kier alpha value is -0.610. The van der Waals surface area contributed by atoms with Crippen LogP contribution in [0.25, 0.3) is 0 Å². The normalized spacial score (nSPS) is 27.1. The predicted octanol–water partition coefficient (Wildman–Crippen LogP) is 1.07. The zero-order chi connectivity index (χ0) is 13.0. The van der Waals surface area contributed by atoms with Crippen molar-refractivity contribution in [3.05, 3.63) is 0 Å². The van der Waals surface area contributed by atoms with Crippen LogP contribution in [0.1, 0.15) is 39.5 Å². The molecule has 4 heteroatoms. The number of nitrogens with one attached hydrogen (secondary N) is 1. The Bertz CT molecular complexity index is 276. The van der Waals surface area contributed by atoms with E-state index in [1.807, 2.05) is 0 Å². The Morgan fingerprint density at radius 3 is 2.72 bits per heavy atom. The van der Waals surface area contributed by atoms with Crippen molar-refractivity contribution in [1.29, 1.82) is 0 Å². The number of amides is 1. The van der Waals surface area contributed by atoms with Crippen molar-refractivity contribution in [2.45, 2.75) is 51.6 Å². The molecule has 2 unspecified atom stereocenters. The zero-order valence-electron chi connectivity index (χ0n) is 11.8. The number of hydrogen-bond donors (Lipinski definition) is 1. The first-order valence-electron chi connectivity index (χ1n) is 7.48. The van der Waals surface area contributed by atoms with Gasteiger partial charge in [-0.15, -0.1) is 0 Å². The predicted molar refractivity (Wildman–Crippen MR) is 73.5 cm³/mol. The van der Waals surface area contributed by atoms with Gasteiger partial charge in [0, 0.05) is 19.1 Å². The summed E-state index contributed by atoms with van der Waals surface area (Å²) in [5.41, 5.74) is 0. The molecule has 1 N–H and O–H groups in total. The van der Waals surface area contributed by atoms with Gasteiger partial charge >= 0.3 is 0 Å². The largest absolute Gasteiger partial charge is 0.337 e. The van der Waals surface area contributed by atoms with Crippen molar-refractivity contribution in [2.75, 3.05) is 32.7 Å². The fraction of sp³-hybridized carbons (Fsp3) is 0.929. The summed E-state index contributed by atoms with van der Waals surface area (Å²) in [6, 6.07) is 0.440. The lowest BCUT2D eigenvalue weighted by Gasteiger charge is -2.28. The molecule has 0 saturated carbocycles. The van der Waals surface area contributed by atoms with Gasteiger partial charge in [-0.2, -0.15) is 0 Å². The van der Waals surface area contributed by atoms with Gasteiger partial charge in [0.15, 0.2) is 0 Å². The molecule has 0 radical (unpaired) electrons. The number of carbonyl (C=O) groups excluding carboxylic acids is 1. The summed E-state index contributed by atoms with van der Waals surface area (Å²) in [5.74, 6) is 0.315. The topological polar surface area (TPSA) is 35.6 Å². The van der Waals surface area contributed by atoms with E-state index in [-0.39, 0.29) is 6.04 Å². The Morgan fingerprint density at radius 2 is 2.06 bits per heavy atom. The minimum absolute atomic E-state index is 0.0750. The highest BCUT2D eigenvalue weighted by Gasteiger charge is 2.34. The highest BCUT2D eigenvalue weighted by molar-refractivity contribution is 5.84. The minimum Gasteiger partial charge on any atom is -0.337 e. The molecular weight excluding hydrogens is 226 g/mol. The van der Waals surface area contributed by atoms with E-state index in [2.05, 4.69) is 29.0 Å². The fourth-order valence-electron chi connectivity index (χ4n) is 3.08. The van der Waals surface area contributed by atoms with Crippen LogP contribution in [0.4, 0.5) is 0 Å². The molecular formula is C14H27N3O. The second kappa shape index (κ2) is 6.53. The molecule has 0 aromatic rings. The standard InChI is InChI=1S/C14H27N3O/c1-3-7-15-13-6-10-17(14(13)18)12(2)11-16-8-4-5-9-16/h12-13,15H,3-11H2,1-2H3. The smallest absolute Gasteiger partial charge is 0.240 e. The number of carbonyl (C=O) groups is 1. The van der Waals surface area contributed by atoms with Gasteiger partial charge in [-0.3, -0.25) is 4.79 Å². The van der Waals surface area contributed by atoms with Crippen LogP contribution in [0.15, 0.2) is 0 Å². The third-order valence-electron chi connectivity index (χ3n) is 4.13. The molecule has 2 atom stereocenters. The third-order valence-corrected chi connectivity index (χ3v) is 4.13. The van der Waals surface area contributed by atoms with Crippen LogP contribution >= 0.6 is 0 Å². The number of hydrogen-bond acceptors (Lipinski definition) is 3. The summed E-state index contributed by atoms with van der Waals surface area (Å²) in [7, 11) is 0. The molecule has 2 saturated heterocycles. The summed E-state index contributed by atoms with van der Waals surface area (Å²) in [6.07, 6.45) is 4.71. The van der Waals surface area contributed by atoms with Crippen molar-refractivity contribution in [3.63, 3.8) is 0 Å². The molecule has 104 valence electrons. The highest BCUT2D eigenvalue weighted by Crippen LogP contribution is 2.17. The van der Waals surface area contributed by atoms with Crippen molar-refractivity contribution >= 4 is 5.91 Å². The van der Waals surface area contributed by atoms with Crippen LogP contribution in [-0.4, -0.2) is 60.5 Å². The Kier molecular flexibility index (Phi) is 5.01. The molecule has 0 spiro atoms. The van der Waals surface area contributed by atoms with Crippen LogP contribution in [0, 0.1) is 0 Å². The molecule has 0 aliphatic carbocycles. The lowest BCUT2D eigenvalue weighted by molar-refractivity contribution is -0.131. The van der Waals surface area contributed by atoms with E-state index in [1.54, 1.807) is 0 Å². The molecule has 18 heavy (non-hydrogen) atoms. The van der Waals surface area contributed by atoms with Gasteiger partial charge in [0.25, 0.3) is 0 Å². The second-order valence-corrected chi connectivity index (χ2v) is 5.68. The van der Waals surface area contributed by atoms with E-state index >= 15 is 0 Å². The number of nitrogens with zero attached hydrogens (tertiary/aromatic N) is 2. The fourth-order valence-corrected chi connectivity index (χ4v) is 3.08. The maximum absolute atomic E-state index is 12.3. The van der Waals surface area contributed by atoms with Crippen LogP contribution in [0.3, 0.4) is 0 Å². The first kappa shape index (κ1) is 13.8. The van der Waals surface area contributed by atoms with Crippen molar-refractivity contribution < 1.29 is 4.79 Å². The van der Waals surface area contributed by atoms with Gasteiger partial charge in [-0.1, -0.05) is 6.92 Å². The first-order chi connectivity index (χ1) is 8.72. The molecule has 0 aromatic carbocycles. The molecule has 2 fully saturated rings. The molecule has 4 nitrogen and oxygen atoms in total. The van der Waals surface area contributed by atoms with Crippen LogP contribution in [0.5, 0.6) is 0 Å². The average Bonchev–Trinajstić information content (AvgIpc) is 2.97. The summed E-state index contributed by atoms with van der Waals surface area (Å²) in [5, 5.41) is 3.35. The zero-order valence-corrected chi connectivity index (χ0v) is 11.8. The van der Waals surface area contributed by atoms with Crippen molar-refractivity contribution in [1.82, 2.24) is 15.1 Å². The SMILES string of the molecule is CCCNC1CCN(C(C)CN2CCCC2)C1=O. The first-order valence-corrected chi connectivity index (χ1v) is 7.48. The van der Waals surface area contributed by atoms with E-state index in [4.69, 9.17) is 0 Å². The lowest BCUT2D eigenvalue weighted by atomic mass is 10.2. The van der Waals surface area contributed by atoms with E-state index < -0.39 is 0 Å². The summed E-state index contributed by atoms with van der Waals surface area (Å²) < 4.78 is 0. The van der Waals surface area contributed by atoms with Crippen LogP contribution in [0.2, 0.25) is 0 Å². The number of likely N-dealkylation sites (tertiary alicyclic amines) is 2. The monoisotopic (exact) mass is 253 g/mol. The average molecular weight is 253 g/mol. The van der Waals surface area contributed by atoms with Gasteiger partial charge in [-0.05, 0) is 52.2 Å². The van der Waals surface area contributed by atoms with E-state index in [1.165, 1.54) is 25.9 Å². The van der Waals surface area contributed by atoms with Crippen LogP contribution < -0.4 is 5.32 Å². The summed E-state index contributed by atoms with van der Waals surface area (Å²) in [4.78, 5) is 16.8. The van der Waals surface area contributed by atoms with Gasteiger partial charge in [0.1, 0.15) is 0 Å². The Balaban J connectivity index is 1.79. The maximum atomic E-state index is 12.3.